The highest BCUT2D eigenvalue weighted by Gasteiger charge is 2.19. The summed E-state index contributed by atoms with van der Waals surface area (Å²) < 4.78 is 16.8. The Kier molecular flexibility index (Phi) is 51.3. The summed E-state index contributed by atoms with van der Waals surface area (Å²) in [5.74, 6) is -0.906. The first kappa shape index (κ1) is 62.1. The number of esters is 3. The summed E-state index contributed by atoms with van der Waals surface area (Å²) in [6.07, 6.45) is 66.3. The summed E-state index contributed by atoms with van der Waals surface area (Å²) in [5.41, 5.74) is 0. The zero-order valence-electron chi connectivity index (χ0n) is 43.0. The summed E-state index contributed by atoms with van der Waals surface area (Å²) >= 11 is 0. The fourth-order valence-corrected chi connectivity index (χ4v) is 7.84. The number of hydrogen-bond acceptors (Lipinski definition) is 6. The van der Waals surface area contributed by atoms with Gasteiger partial charge in [-0.15, -0.1) is 0 Å². The molecule has 0 aliphatic rings. The lowest BCUT2D eigenvalue weighted by atomic mass is 10.1. The first-order chi connectivity index (χ1) is 32.0. The molecule has 0 aliphatic carbocycles. The van der Waals surface area contributed by atoms with Crippen LogP contribution >= 0.6 is 0 Å². The first-order valence-electron chi connectivity index (χ1n) is 27.8. The molecule has 376 valence electrons. The Morgan fingerprint density at radius 1 is 0.323 bits per heavy atom. The van der Waals surface area contributed by atoms with E-state index in [0.29, 0.717) is 19.3 Å². The van der Waals surface area contributed by atoms with Gasteiger partial charge in [0.05, 0.1) is 0 Å². The molecular formula is C59H104O6. The Hall–Kier alpha value is -2.89. The maximum atomic E-state index is 12.8. The van der Waals surface area contributed by atoms with Crippen molar-refractivity contribution in [2.45, 2.75) is 284 Å². The van der Waals surface area contributed by atoms with E-state index >= 15 is 0 Å². The van der Waals surface area contributed by atoms with E-state index in [2.05, 4.69) is 81.5 Å². The smallest absolute Gasteiger partial charge is 0.306 e. The number of ether oxygens (including phenoxy) is 3. The van der Waals surface area contributed by atoms with E-state index in [1.165, 1.54) is 154 Å². The average molecular weight is 909 g/mol. The van der Waals surface area contributed by atoms with Gasteiger partial charge in [0.2, 0.25) is 0 Å². The molecule has 0 heterocycles. The second-order valence-electron chi connectivity index (χ2n) is 18.5. The van der Waals surface area contributed by atoms with Gasteiger partial charge < -0.3 is 14.2 Å². The Balaban J connectivity index is 4.39. The summed E-state index contributed by atoms with van der Waals surface area (Å²) in [6, 6.07) is 0. The Morgan fingerprint density at radius 3 is 0.969 bits per heavy atom. The van der Waals surface area contributed by atoms with Crippen LogP contribution in [-0.4, -0.2) is 37.2 Å². The van der Waals surface area contributed by atoms with E-state index < -0.39 is 6.10 Å². The average Bonchev–Trinajstić information content (AvgIpc) is 3.30. The van der Waals surface area contributed by atoms with Gasteiger partial charge in [0.25, 0.3) is 0 Å². The van der Waals surface area contributed by atoms with Crippen molar-refractivity contribution in [1.29, 1.82) is 0 Å². The van der Waals surface area contributed by atoms with E-state index in [1.54, 1.807) is 0 Å². The first-order valence-corrected chi connectivity index (χ1v) is 27.8. The fourth-order valence-electron chi connectivity index (χ4n) is 7.84. The number of hydrogen-bond donors (Lipinski definition) is 0. The molecular weight excluding hydrogens is 805 g/mol. The molecule has 0 saturated carbocycles. The lowest BCUT2D eigenvalue weighted by molar-refractivity contribution is -0.167. The van der Waals surface area contributed by atoms with E-state index in [-0.39, 0.29) is 31.1 Å². The second kappa shape index (κ2) is 53.7. The van der Waals surface area contributed by atoms with Crippen LogP contribution in [0.15, 0.2) is 60.8 Å². The van der Waals surface area contributed by atoms with Crippen molar-refractivity contribution >= 4 is 17.9 Å². The molecule has 0 saturated heterocycles. The van der Waals surface area contributed by atoms with Crippen LogP contribution < -0.4 is 0 Å². The lowest BCUT2D eigenvalue weighted by Crippen LogP contribution is -2.30. The zero-order valence-corrected chi connectivity index (χ0v) is 43.0. The largest absolute Gasteiger partial charge is 0.462 e. The van der Waals surface area contributed by atoms with Crippen LogP contribution in [-0.2, 0) is 28.6 Å². The van der Waals surface area contributed by atoms with Gasteiger partial charge in [-0.05, 0) is 89.9 Å². The lowest BCUT2D eigenvalue weighted by Gasteiger charge is -2.18. The summed E-state index contributed by atoms with van der Waals surface area (Å²) in [6.45, 7) is 6.49. The van der Waals surface area contributed by atoms with Crippen LogP contribution in [0.25, 0.3) is 0 Å². The standard InChI is InChI=1S/C59H104O6/c1-4-7-10-13-16-19-22-25-27-29-31-34-37-40-43-46-49-52-58(61)64-55-56(54-63-57(60)51-48-45-42-39-36-33-24-21-18-15-12-9-6-3)65-59(62)53-50-47-44-41-38-35-32-30-28-26-23-20-17-14-11-8-5-2/h9,12,15,18,21,24-28,56H,4-8,10-11,13-14,16-17,19-20,22-23,29-55H2,1-3H3/b12-9-,18-15-,24-21-,27-25-,28-26-. The minimum Gasteiger partial charge on any atom is -0.462 e. The van der Waals surface area contributed by atoms with Gasteiger partial charge in [-0.1, -0.05) is 229 Å². The molecule has 0 N–H and O–H groups in total. The monoisotopic (exact) mass is 909 g/mol. The molecule has 0 aromatic carbocycles. The summed E-state index contributed by atoms with van der Waals surface area (Å²) in [4.78, 5) is 38.1. The Labute approximate surface area is 402 Å². The van der Waals surface area contributed by atoms with Crippen molar-refractivity contribution < 1.29 is 28.6 Å². The van der Waals surface area contributed by atoms with Gasteiger partial charge in [-0.2, -0.15) is 0 Å². The number of unbranched alkanes of at least 4 members (excludes halogenated alkanes) is 31. The molecule has 1 unspecified atom stereocenters. The van der Waals surface area contributed by atoms with Crippen molar-refractivity contribution in [3.8, 4) is 0 Å². The molecule has 0 rings (SSSR count). The zero-order chi connectivity index (χ0) is 47.2. The third kappa shape index (κ3) is 51.9. The molecule has 6 heteroatoms. The predicted molar refractivity (Wildman–Crippen MR) is 279 cm³/mol. The maximum Gasteiger partial charge on any atom is 0.306 e. The van der Waals surface area contributed by atoms with E-state index in [0.717, 1.165) is 83.5 Å². The molecule has 0 fully saturated rings. The molecule has 0 aromatic rings. The van der Waals surface area contributed by atoms with Crippen molar-refractivity contribution in [2.24, 2.45) is 0 Å². The highest BCUT2D eigenvalue weighted by atomic mass is 16.6. The van der Waals surface area contributed by atoms with Crippen molar-refractivity contribution in [2.75, 3.05) is 13.2 Å². The third-order valence-corrected chi connectivity index (χ3v) is 12.0. The molecule has 0 aromatic heterocycles. The van der Waals surface area contributed by atoms with Gasteiger partial charge in [-0.3, -0.25) is 14.4 Å². The van der Waals surface area contributed by atoms with Crippen LogP contribution in [0.2, 0.25) is 0 Å². The van der Waals surface area contributed by atoms with Crippen molar-refractivity contribution in [1.82, 2.24) is 0 Å². The minimum absolute atomic E-state index is 0.0842. The highest BCUT2D eigenvalue weighted by molar-refractivity contribution is 5.71. The van der Waals surface area contributed by atoms with Crippen LogP contribution in [0.1, 0.15) is 278 Å². The normalized spacial score (nSPS) is 12.5. The van der Waals surface area contributed by atoms with Gasteiger partial charge in [0.15, 0.2) is 6.10 Å². The van der Waals surface area contributed by atoms with Crippen LogP contribution in [0.3, 0.4) is 0 Å². The maximum absolute atomic E-state index is 12.8. The van der Waals surface area contributed by atoms with E-state index in [9.17, 15) is 14.4 Å². The molecule has 6 nitrogen and oxygen atoms in total. The number of allylic oxidation sites excluding steroid dienone is 10. The second-order valence-corrected chi connectivity index (χ2v) is 18.5. The Bertz CT molecular complexity index is 1180. The summed E-state index contributed by atoms with van der Waals surface area (Å²) in [5, 5.41) is 0. The number of carbonyl (C=O) groups excluding carboxylic acids is 3. The Morgan fingerprint density at radius 2 is 0.615 bits per heavy atom. The molecule has 0 radical (unpaired) electrons. The van der Waals surface area contributed by atoms with Crippen LogP contribution in [0.5, 0.6) is 0 Å². The molecule has 1 atom stereocenters. The highest BCUT2D eigenvalue weighted by Crippen LogP contribution is 2.15. The van der Waals surface area contributed by atoms with Gasteiger partial charge >= 0.3 is 17.9 Å². The molecule has 65 heavy (non-hydrogen) atoms. The summed E-state index contributed by atoms with van der Waals surface area (Å²) in [7, 11) is 0. The molecule has 0 aliphatic heterocycles. The van der Waals surface area contributed by atoms with Crippen LogP contribution in [0.4, 0.5) is 0 Å². The number of rotatable bonds is 50. The van der Waals surface area contributed by atoms with Gasteiger partial charge in [0.1, 0.15) is 13.2 Å². The van der Waals surface area contributed by atoms with Crippen LogP contribution in [0, 0.1) is 0 Å². The van der Waals surface area contributed by atoms with Gasteiger partial charge in [-0.25, -0.2) is 0 Å². The van der Waals surface area contributed by atoms with Crippen molar-refractivity contribution in [3.05, 3.63) is 60.8 Å². The minimum atomic E-state index is -0.786. The SMILES string of the molecule is CC\C=C/C=C\C=C/CCCCCCCC(=O)OCC(COC(=O)CCCCCCCCC/C=C\CCCCCCCC)OC(=O)CCCCCCCCC/C=C\CCCCCCCC. The molecule has 0 amide bonds. The number of carbonyl (C=O) groups is 3. The van der Waals surface area contributed by atoms with E-state index in [4.69, 9.17) is 14.2 Å². The van der Waals surface area contributed by atoms with E-state index in [1.807, 2.05) is 0 Å². The fraction of sp³-hybridized carbons (Fsp3) is 0.780. The molecule has 0 bridgehead atoms. The topological polar surface area (TPSA) is 78.9 Å². The third-order valence-electron chi connectivity index (χ3n) is 12.0. The quantitative estimate of drug-likeness (QED) is 0.0199. The van der Waals surface area contributed by atoms with Crippen molar-refractivity contribution in [3.63, 3.8) is 0 Å². The molecule has 0 spiro atoms. The van der Waals surface area contributed by atoms with Gasteiger partial charge in [0, 0.05) is 19.3 Å². The predicted octanol–water partition coefficient (Wildman–Crippen LogP) is 18.4.